The molecule has 6 aromatic rings. The summed E-state index contributed by atoms with van der Waals surface area (Å²) in [5, 5.41) is 30.7. The van der Waals surface area contributed by atoms with Crippen LogP contribution in [0.25, 0.3) is 34.4 Å². The maximum Gasteiger partial charge on any atom is 0.309 e. The third-order valence-corrected chi connectivity index (χ3v) is 16.9. The van der Waals surface area contributed by atoms with Crippen molar-refractivity contribution in [3.05, 3.63) is 200 Å². The fourth-order valence-electron chi connectivity index (χ4n) is 11.6. The van der Waals surface area contributed by atoms with Gasteiger partial charge in [-0.1, -0.05) is 173 Å². The second-order valence-corrected chi connectivity index (χ2v) is 21.6. The highest BCUT2D eigenvalue weighted by atomic mass is 16.5. The highest BCUT2D eigenvalue weighted by molar-refractivity contribution is 5.74. The molecule has 6 aromatic carbocycles. The lowest BCUT2D eigenvalue weighted by molar-refractivity contribution is -0.140. The molecule has 0 radical (unpaired) electrons. The zero-order valence-electron chi connectivity index (χ0n) is 47.1. The zero-order chi connectivity index (χ0) is 55.4. The number of rotatable bonds is 18. The van der Waals surface area contributed by atoms with Gasteiger partial charge in [0.2, 0.25) is 0 Å². The van der Waals surface area contributed by atoms with Crippen LogP contribution in [-0.2, 0) is 47.5 Å². The summed E-state index contributed by atoms with van der Waals surface area (Å²) in [7, 11) is 1.42. The minimum atomic E-state index is -0.815. The van der Waals surface area contributed by atoms with E-state index >= 15 is 0 Å². The minimum absolute atomic E-state index is 0.0392. The molecule has 2 saturated heterocycles. The van der Waals surface area contributed by atoms with E-state index in [-0.39, 0.29) is 29.6 Å². The molecule has 8 nitrogen and oxygen atoms in total. The van der Waals surface area contributed by atoms with Gasteiger partial charge in [0.1, 0.15) is 0 Å². The Balaban J connectivity index is 0.000000224. The Morgan fingerprint density at radius 1 is 0.506 bits per heavy atom. The van der Waals surface area contributed by atoms with E-state index in [0.717, 1.165) is 59.1 Å². The third-order valence-electron chi connectivity index (χ3n) is 16.9. The number of carboxylic acid groups (broad SMARTS) is 1. The van der Waals surface area contributed by atoms with Gasteiger partial charge in [-0.2, -0.15) is 0 Å². The van der Waals surface area contributed by atoms with E-state index in [4.69, 9.17) is 19.3 Å². The smallest absolute Gasteiger partial charge is 0.309 e. The van der Waals surface area contributed by atoms with E-state index in [2.05, 4.69) is 152 Å². The molecule has 406 valence electrons. The van der Waals surface area contributed by atoms with Crippen LogP contribution in [0.4, 0.5) is 0 Å². The molecule has 2 aliphatic heterocycles. The molecule has 0 amide bonds. The molecule has 0 aromatic heterocycles. The number of hydrogen-bond acceptors (Lipinski definition) is 7. The van der Waals surface area contributed by atoms with E-state index in [1.807, 2.05) is 48.6 Å². The van der Waals surface area contributed by atoms with Crippen molar-refractivity contribution in [3.8, 4) is 22.3 Å². The Morgan fingerprint density at radius 3 is 1.16 bits per heavy atom. The molecule has 0 spiro atoms. The minimum Gasteiger partial charge on any atom is -0.481 e. The maximum absolute atomic E-state index is 11.6. The molecule has 0 unspecified atom stereocenters. The number of aryl methyl sites for hydroxylation is 4. The van der Waals surface area contributed by atoms with Crippen LogP contribution >= 0.6 is 0 Å². The first kappa shape index (κ1) is 58.3. The number of benzene rings is 6. The van der Waals surface area contributed by atoms with Crippen LogP contribution < -0.4 is 0 Å². The second kappa shape index (κ2) is 25.8. The van der Waals surface area contributed by atoms with E-state index in [9.17, 15) is 19.8 Å². The number of hydrogen-bond donors (Lipinski definition) is 3. The molecule has 77 heavy (non-hydrogen) atoms. The quantitative estimate of drug-likeness (QED) is 0.0728. The van der Waals surface area contributed by atoms with Crippen LogP contribution in [0.3, 0.4) is 0 Å². The summed E-state index contributed by atoms with van der Waals surface area (Å²) >= 11 is 0. The van der Waals surface area contributed by atoms with Crippen LogP contribution in [0.5, 0.6) is 0 Å². The summed E-state index contributed by atoms with van der Waals surface area (Å²) in [5.41, 5.74) is 17.0. The first-order valence-corrected chi connectivity index (χ1v) is 27.8. The summed E-state index contributed by atoms with van der Waals surface area (Å²) in [4.78, 5) is 22.6. The molecule has 0 saturated carbocycles. The van der Waals surface area contributed by atoms with Crippen LogP contribution in [0.2, 0.25) is 0 Å². The van der Waals surface area contributed by atoms with Crippen molar-refractivity contribution in [2.24, 2.45) is 0 Å². The monoisotopic (exact) mass is 1040 g/mol. The van der Waals surface area contributed by atoms with Gasteiger partial charge in [-0.05, 0) is 142 Å². The van der Waals surface area contributed by atoms with Crippen LogP contribution in [-0.4, -0.2) is 72.0 Å². The largest absolute Gasteiger partial charge is 0.481 e. The Bertz CT molecular complexity index is 3010. The van der Waals surface area contributed by atoms with Gasteiger partial charge in [0.15, 0.2) is 0 Å². The van der Waals surface area contributed by atoms with Gasteiger partial charge in [-0.15, -0.1) is 0 Å². The topological polar surface area (TPSA) is 123 Å². The molecule has 0 bridgehead atoms. The second-order valence-electron chi connectivity index (χ2n) is 21.6. The molecule has 2 fully saturated rings. The Morgan fingerprint density at radius 2 is 0.844 bits per heavy atom. The van der Waals surface area contributed by atoms with Crippen LogP contribution in [0, 0.1) is 27.7 Å². The Kier molecular flexibility index (Phi) is 19.5. The molecule has 2 aliphatic rings. The van der Waals surface area contributed by atoms with Crippen molar-refractivity contribution in [1.29, 1.82) is 0 Å². The van der Waals surface area contributed by atoms with Crippen molar-refractivity contribution >= 4 is 24.1 Å². The van der Waals surface area contributed by atoms with Crippen LogP contribution in [0.15, 0.2) is 133 Å². The van der Waals surface area contributed by atoms with Crippen LogP contribution in [0.1, 0.15) is 146 Å². The van der Waals surface area contributed by atoms with Crippen molar-refractivity contribution in [3.63, 3.8) is 0 Å². The van der Waals surface area contributed by atoms with Gasteiger partial charge in [0.05, 0.1) is 31.2 Å². The molecule has 2 heterocycles. The number of aliphatic carboxylic acids is 1. The van der Waals surface area contributed by atoms with Gasteiger partial charge in [0.25, 0.3) is 0 Å². The highest BCUT2D eigenvalue weighted by Gasteiger charge is 2.34. The number of carboxylic acids is 1. The van der Waals surface area contributed by atoms with Gasteiger partial charge in [-0.25, -0.2) is 0 Å². The van der Waals surface area contributed by atoms with Crippen molar-refractivity contribution in [1.82, 2.24) is 0 Å². The number of carbonyl (C=O) groups excluding carboxylic acids is 1. The average molecular weight is 1040 g/mol. The number of ether oxygens (including phenoxy) is 3. The Hall–Kier alpha value is -6.42. The first-order chi connectivity index (χ1) is 36.9. The van der Waals surface area contributed by atoms with E-state index < -0.39 is 17.2 Å². The fourth-order valence-corrected chi connectivity index (χ4v) is 11.6. The van der Waals surface area contributed by atoms with Gasteiger partial charge >= 0.3 is 11.9 Å². The standard InChI is InChI=1S/C35H42O4.C34H40O4/c1-6-35(7-2,30-13-12-28(25(3)22-30)16-17-34(37)18-20-39-21-19-34)31-14-15-32(26(4)23-31)29-10-8-27(9-11-29)24-33(36)38-5;1-5-34(6-2,29-12-11-27(24(3)21-29)15-16-33(37)17-19-38-20-18-33)30-13-14-31(25(4)22-30)28-9-7-26(8-10-28)23-32(35)36/h8-17,22-23,37H,6-7,18-21,24H2,1-5H3;7-16,21-22,37H,5-6,17-20,23H2,1-4H3,(H,35,36)/b17-16+;16-15+. The lowest BCUT2D eigenvalue weighted by atomic mass is 9.69. The van der Waals surface area contributed by atoms with Gasteiger partial charge < -0.3 is 29.5 Å². The summed E-state index contributed by atoms with van der Waals surface area (Å²) in [5.74, 6) is -1.04. The summed E-state index contributed by atoms with van der Waals surface area (Å²) in [6.07, 6.45) is 14.9. The van der Waals surface area contributed by atoms with Crippen molar-refractivity contribution in [2.45, 2.75) is 142 Å². The van der Waals surface area contributed by atoms with Gasteiger partial charge in [-0.3, -0.25) is 9.59 Å². The first-order valence-electron chi connectivity index (χ1n) is 27.8. The average Bonchev–Trinajstić information content (AvgIpc) is 3.43. The molecule has 0 atom stereocenters. The van der Waals surface area contributed by atoms with Gasteiger partial charge in [0, 0.05) is 62.9 Å². The van der Waals surface area contributed by atoms with E-state index in [1.165, 1.54) is 62.7 Å². The molecule has 0 aliphatic carbocycles. The molecular formula is C69H82O8. The molecule has 8 rings (SSSR count). The molecule has 3 N–H and O–H groups in total. The lowest BCUT2D eigenvalue weighted by Gasteiger charge is -2.34. The normalized spacial score (nSPS) is 15.5. The third kappa shape index (κ3) is 13.8. The Labute approximate surface area is 458 Å². The highest BCUT2D eigenvalue weighted by Crippen LogP contribution is 2.43. The summed E-state index contributed by atoms with van der Waals surface area (Å²) in [6.45, 7) is 20.1. The summed E-state index contributed by atoms with van der Waals surface area (Å²) in [6, 6.07) is 43.2. The SMILES string of the molecule is CCC(CC)(c1ccc(/C=C/C2(O)CCOCC2)c(C)c1)c1ccc(-c2ccc(CC(=O)O)cc2)c(C)c1.CCC(CC)(c1ccc(/C=C/C2(O)CCOCC2)c(C)c1)c1ccc(-c2ccc(CC(=O)OC)cc2)c(C)c1. The molecular weight excluding hydrogens is 957 g/mol. The zero-order valence-corrected chi connectivity index (χ0v) is 47.1. The van der Waals surface area contributed by atoms with Crippen molar-refractivity contribution in [2.75, 3.05) is 33.5 Å². The lowest BCUT2D eigenvalue weighted by Crippen LogP contribution is -2.33. The fraction of sp³-hybridized carbons (Fsp3) is 0.391. The predicted molar refractivity (Wildman–Crippen MR) is 313 cm³/mol. The van der Waals surface area contributed by atoms with E-state index in [1.54, 1.807) is 0 Å². The molecule has 8 heteroatoms. The number of esters is 1. The summed E-state index contributed by atoms with van der Waals surface area (Å²) < 4.78 is 15.6. The number of aliphatic hydroxyl groups is 2. The predicted octanol–water partition coefficient (Wildman–Crippen LogP) is 14.6. The van der Waals surface area contributed by atoms with E-state index in [0.29, 0.717) is 52.1 Å². The van der Waals surface area contributed by atoms with Crippen molar-refractivity contribution < 1.29 is 39.1 Å². The number of carbonyl (C=O) groups is 2. The number of methoxy groups -OCH3 is 1. The maximum atomic E-state index is 11.6.